The summed E-state index contributed by atoms with van der Waals surface area (Å²) < 4.78 is 23.1. The maximum Gasteiger partial charge on any atom is 0.181 e. The van der Waals surface area contributed by atoms with Crippen molar-refractivity contribution >= 4 is 0 Å². The number of rotatable bonds is 10. The van der Waals surface area contributed by atoms with Gasteiger partial charge in [-0.2, -0.15) is 0 Å². The molecule has 0 heterocycles. The molecule has 49 heavy (non-hydrogen) atoms. The number of fused-ring (bicyclic) bond motifs is 6. The zero-order chi connectivity index (χ0) is 32.8. The average Bonchev–Trinajstić information content (AvgIpc) is 3.56. The van der Waals surface area contributed by atoms with Gasteiger partial charge in [-0.15, -0.1) is 0 Å². The third-order valence-corrected chi connectivity index (χ3v) is 9.18. The standard InChI is InChI=1S/C44H38O4.CH4/c1-43(39-18-7-3-14-35(39)36-15-4-8-19-40(36)43)24-22-33-12-11-13-34(32-33)23-25-44(48-31-30-47-29-28-46-27-26-45-2)41-20-9-5-16-37(41)38-17-6-10-21-42(38)44;/h3-21,32H,26-31H2,1-2H3;1H4. The molecule has 246 valence electrons. The quantitative estimate of drug-likeness (QED) is 0.112. The molecule has 5 aromatic carbocycles. The highest BCUT2D eigenvalue weighted by atomic mass is 16.6. The number of ether oxygens (including phenoxy) is 4. The summed E-state index contributed by atoms with van der Waals surface area (Å²) in [6.07, 6.45) is 0. The second-order valence-electron chi connectivity index (χ2n) is 12.1. The van der Waals surface area contributed by atoms with E-state index in [4.69, 9.17) is 18.9 Å². The molecule has 4 nitrogen and oxygen atoms in total. The second kappa shape index (κ2) is 15.1. The summed E-state index contributed by atoms with van der Waals surface area (Å²) in [7, 11) is 1.66. The van der Waals surface area contributed by atoms with Crippen molar-refractivity contribution in [2.24, 2.45) is 0 Å². The Morgan fingerprint density at radius 2 is 0.918 bits per heavy atom. The molecule has 0 bridgehead atoms. The van der Waals surface area contributed by atoms with E-state index < -0.39 is 11.0 Å². The van der Waals surface area contributed by atoms with Crippen LogP contribution in [0.1, 0.15) is 47.7 Å². The van der Waals surface area contributed by atoms with Crippen LogP contribution in [0.3, 0.4) is 0 Å². The largest absolute Gasteiger partial charge is 0.382 e. The van der Waals surface area contributed by atoms with Gasteiger partial charge < -0.3 is 18.9 Å². The lowest BCUT2D eigenvalue weighted by atomic mass is 9.80. The smallest absolute Gasteiger partial charge is 0.181 e. The molecule has 2 aliphatic rings. The van der Waals surface area contributed by atoms with Gasteiger partial charge in [-0.05, 0) is 58.5 Å². The molecule has 0 radical (unpaired) electrons. The van der Waals surface area contributed by atoms with Gasteiger partial charge >= 0.3 is 0 Å². The first kappa shape index (κ1) is 33.9. The number of methoxy groups -OCH3 is 1. The van der Waals surface area contributed by atoms with Gasteiger partial charge in [0, 0.05) is 29.4 Å². The van der Waals surface area contributed by atoms with Crippen LogP contribution < -0.4 is 0 Å². The fourth-order valence-corrected chi connectivity index (χ4v) is 6.86. The van der Waals surface area contributed by atoms with Crippen LogP contribution in [-0.4, -0.2) is 46.8 Å². The lowest BCUT2D eigenvalue weighted by Crippen LogP contribution is -2.29. The molecule has 5 aromatic rings. The molecule has 0 amide bonds. The summed E-state index contributed by atoms with van der Waals surface area (Å²) in [5.41, 5.74) is 9.85. The summed E-state index contributed by atoms with van der Waals surface area (Å²) in [6, 6.07) is 42.1. The minimum atomic E-state index is -0.933. The van der Waals surface area contributed by atoms with Crippen LogP contribution in [0.2, 0.25) is 0 Å². The molecule has 0 aliphatic heterocycles. The normalized spacial score (nSPS) is 13.8. The van der Waals surface area contributed by atoms with E-state index in [0.29, 0.717) is 39.6 Å². The van der Waals surface area contributed by atoms with Crippen molar-refractivity contribution < 1.29 is 18.9 Å². The van der Waals surface area contributed by atoms with Crippen LogP contribution in [0.25, 0.3) is 22.3 Å². The Morgan fingerprint density at radius 1 is 0.490 bits per heavy atom. The Hall–Kier alpha value is -4.94. The fourth-order valence-electron chi connectivity index (χ4n) is 6.86. The molecule has 0 unspecified atom stereocenters. The predicted octanol–water partition coefficient (Wildman–Crippen LogP) is 8.63. The lowest BCUT2D eigenvalue weighted by molar-refractivity contribution is -0.0274. The SMILES string of the molecule is C.COCCOCCOCCOC1(C#Cc2cccc(C#CC3(C)c4ccccc4-c4ccccc43)c2)c2ccccc2-c2ccccc21. The van der Waals surface area contributed by atoms with Crippen molar-refractivity contribution in [3.63, 3.8) is 0 Å². The van der Waals surface area contributed by atoms with E-state index >= 15 is 0 Å². The van der Waals surface area contributed by atoms with Gasteiger partial charge in [0.25, 0.3) is 0 Å². The van der Waals surface area contributed by atoms with Gasteiger partial charge in [-0.25, -0.2) is 0 Å². The number of hydrogen-bond donors (Lipinski definition) is 0. The first-order valence-electron chi connectivity index (χ1n) is 16.5. The Balaban J connectivity index is 0.00000417. The maximum atomic E-state index is 6.75. The fraction of sp³-hybridized carbons (Fsp3) is 0.244. The van der Waals surface area contributed by atoms with Gasteiger partial charge in [0.15, 0.2) is 5.60 Å². The topological polar surface area (TPSA) is 36.9 Å². The predicted molar refractivity (Wildman–Crippen MR) is 197 cm³/mol. The van der Waals surface area contributed by atoms with Crippen molar-refractivity contribution in [1.29, 1.82) is 0 Å². The Labute approximate surface area is 291 Å². The molecule has 4 heteroatoms. The van der Waals surface area contributed by atoms with E-state index in [2.05, 4.69) is 140 Å². The molecule has 7 rings (SSSR count). The van der Waals surface area contributed by atoms with Gasteiger partial charge in [-0.3, -0.25) is 0 Å². The zero-order valence-electron chi connectivity index (χ0n) is 27.4. The van der Waals surface area contributed by atoms with Gasteiger partial charge in [0.05, 0.1) is 45.1 Å². The monoisotopic (exact) mass is 646 g/mol. The highest BCUT2D eigenvalue weighted by Crippen LogP contribution is 2.50. The third kappa shape index (κ3) is 6.58. The molecular weight excluding hydrogens is 604 g/mol. The summed E-state index contributed by atoms with van der Waals surface area (Å²) in [5, 5.41) is 0. The second-order valence-corrected chi connectivity index (χ2v) is 12.1. The van der Waals surface area contributed by atoms with Crippen molar-refractivity contribution in [2.45, 2.75) is 25.4 Å². The van der Waals surface area contributed by atoms with Crippen LogP contribution in [0.5, 0.6) is 0 Å². The van der Waals surface area contributed by atoms with Crippen molar-refractivity contribution in [2.75, 3.05) is 46.8 Å². The van der Waals surface area contributed by atoms with Gasteiger partial charge in [-0.1, -0.05) is 134 Å². The first-order valence-corrected chi connectivity index (χ1v) is 16.5. The Bertz CT molecular complexity index is 1960. The number of benzene rings is 5. The van der Waals surface area contributed by atoms with E-state index in [-0.39, 0.29) is 7.43 Å². The summed E-state index contributed by atoms with van der Waals surface area (Å²) in [6.45, 7) is 5.15. The summed E-state index contributed by atoms with van der Waals surface area (Å²) in [5.74, 6) is 14.2. The van der Waals surface area contributed by atoms with Gasteiger partial charge in [0.2, 0.25) is 0 Å². The van der Waals surface area contributed by atoms with Crippen LogP contribution in [0, 0.1) is 23.7 Å². The maximum absolute atomic E-state index is 6.75. The van der Waals surface area contributed by atoms with E-state index in [1.54, 1.807) is 7.11 Å². The molecule has 0 saturated heterocycles. The number of hydrogen-bond acceptors (Lipinski definition) is 4. The average molecular weight is 647 g/mol. The minimum Gasteiger partial charge on any atom is -0.382 e. The van der Waals surface area contributed by atoms with Crippen molar-refractivity contribution in [1.82, 2.24) is 0 Å². The van der Waals surface area contributed by atoms with Crippen LogP contribution in [-0.2, 0) is 30.0 Å². The zero-order valence-corrected chi connectivity index (χ0v) is 27.4. The highest BCUT2D eigenvalue weighted by Gasteiger charge is 2.43. The van der Waals surface area contributed by atoms with E-state index in [0.717, 1.165) is 33.4 Å². The van der Waals surface area contributed by atoms with Crippen molar-refractivity contribution in [3.8, 4) is 45.9 Å². The van der Waals surface area contributed by atoms with Crippen LogP contribution in [0.15, 0.2) is 121 Å². The lowest BCUT2D eigenvalue weighted by Gasteiger charge is -2.27. The van der Waals surface area contributed by atoms with E-state index in [9.17, 15) is 0 Å². The summed E-state index contributed by atoms with van der Waals surface area (Å²) >= 11 is 0. The molecule has 0 spiro atoms. The molecule has 0 fully saturated rings. The molecule has 2 aliphatic carbocycles. The molecule has 0 N–H and O–H groups in total. The highest BCUT2D eigenvalue weighted by molar-refractivity contribution is 5.83. The minimum absolute atomic E-state index is 0. The molecule has 0 atom stereocenters. The van der Waals surface area contributed by atoms with Gasteiger partial charge in [0.1, 0.15) is 0 Å². The Kier molecular flexibility index (Phi) is 10.4. The van der Waals surface area contributed by atoms with Crippen molar-refractivity contribution in [3.05, 3.63) is 155 Å². The first-order chi connectivity index (χ1) is 23.6. The third-order valence-electron chi connectivity index (χ3n) is 9.18. The van der Waals surface area contributed by atoms with E-state index in [1.165, 1.54) is 22.3 Å². The Morgan fingerprint density at radius 3 is 1.45 bits per heavy atom. The van der Waals surface area contributed by atoms with Crippen LogP contribution in [0.4, 0.5) is 0 Å². The molecular formula is C45H42O4. The summed E-state index contributed by atoms with van der Waals surface area (Å²) in [4.78, 5) is 0. The van der Waals surface area contributed by atoms with E-state index in [1.807, 2.05) is 12.1 Å². The van der Waals surface area contributed by atoms with Crippen LogP contribution >= 0.6 is 0 Å². The molecule has 0 saturated carbocycles. The molecule has 0 aromatic heterocycles.